The van der Waals surface area contributed by atoms with Crippen molar-refractivity contribution in [2.24, 2.45) is 5.73 Å². The zero-order valence-electron chi connectivity index (χ0n) is 12.0. The Bertz CT molecular complexity index is 381. The molecule has 3 nitrogen and oxygen atoms in total. The molecule has 0 saturated heterocycles. The van der Waals surface area contributed by atoms with Crippen molar-refractivity contribution in [3.05, 3.63) is 35.4 Å². The number of fused-ring (bicyclic) bond motifs is 1. The minimum absolute atomic E-state index is 0.231. The molecule has 19 heavy (non-hydrogen) atoms. The predicted molar refractivity (Wildman–Crippen MR) is 79.2 cm³/mol. The molecule has 1 atom stereocenters. The van der Waals surface area contributed by atoms with E-state index < -0.39 is 0 Å². The fourth-order valence-electron chi connectivity index (χ4n) is 2.79. The Labute approximate surface area is 116 Å². The topological polar surface area (TPSA) is 38.5 Å². The van der Waals surface area contributed by atoms with E-state index in [9.17, 15) is 0 Å². The minimum Gasteiger partial charge on any atom is -0.372 e. The molecule has 0 aliphatic carbocycles. The molecule has 1 aromatic carbocycles. The Morgan fingerprint density at radius 1 is 1.32 bits per heavy atom. The molecule has 3 heteroatoms. The normalized spacial score (nSPS) is 18.6. The highest BCUT2D eigenvalue weighted by atomic mass is 16.5. The summed E-state index contributed by atoms with van der Waals surface area (Å²) >= 11 is 0. The highest BCUT2D eigenvalue weighted by Gasteiger charge is 2.22. The van der Waals surface area contributed by atoms with Gasteiger partial charge in [0.2, 0.25) is 0 Å². The van der Waals surface area contributed by atoms with Crippen LogP contribution in [0.15, 0.2) is 24.3 Å². The fraction of sp³-hybridized carbons (Fsp3) is 0.625. The molecule has 1 aliphatic heterocycles. The van der Waals surface area contributed by atoms with E-state index in [1.165, 1.54) is 17.5 Å². The Morgan fingerprint density at radius 3 is 2.95 bits per heavy atom. The van der Waals surface area contributed by atoms with Gasteiger partial charge in [0.1, 0.15) is 0 Å². The lowest BCUT2D eigenvalue weighted by Crippen LogP contribution is -2.34. The largest absolute Gasteiger partial charge is 0.372 e. The van der Waals surface area contributed by atoms with Gasteiger partial charge in [0.15, 0.2) is 0 Å². The minimum atomic E-state index is 0.231. The summed E-state index contributed by atoms with van der Waals surface area (Å²) in [6, 6.07) is 8.69. The molecule has 1 aromatic rings. The van der Waals surface area contributed by atoms with Gasteiger partial charge in [0, 0.05) is 6.54 Å². The van der Waals surface area contributed by atoms with Gasteiger partial charge < -0.3 is 15.4 Å². The summed E-state index contributed by atoms with van der Waals surface area (Å²) in [5, 5.41) is 0. The molecule has 1 unspecified atom stereocenters. The maximum absolute atomic E-state index is 5.99. The summed E-state index contributed by atoms with van der Waals surface area (Å²) in [5.74, 6) is 0. The Balaban J connectivity index is 2.01. The van der Waals surface area contributed by atoms with Crippen LogP contribution in [0.4, 0.5) is 0 Å². The number of nitrogens with two attached hydrogens (primary N) is 1. The van der Waals surface area contributed by atoms with Gasteiger partial charge in [-0.05, 0) is 50.0 Å². The van der Waals surface area contributed by atoms with Crippen LogP contribution in [0.1, 0.15) is 37.0 Å². The molecule has 0 saturated carbocycles. The zero-order valence-corrected chi connectivity index (χ0v) is 12.0. The van der Waals surface area contributed by atoms with Crippen molar-refractivity contribution in [3.63, 3.8) is 0 Å². The van der Waals surface area contributed by atoms with Crippen LogP contribution in [0, 0.1) is 0 Å². The molecule has 0 aromatic heterocycles. The predicted octanol–water partition coefficient (Wildman–Crippen LogP) is 2.36. The number of hydrogen-bond acceptors (Lipinski definition) is 3. The van der Waals surface area contributed by atoms with Crippen LogP contribution in [-0.4, -0.2) is 37.7 Å². The lowest BCUT2D eigenvalue weighted by molar-refractivity contribution is 0.0157. The Kier molecular flexibility index (Phi) is 5.83. The van der Waals surface area contributed by atoms with Crippen LogP contribution >= 0.6 is 0 Å². The maximum Gasteiger partial charge on any atom is 0.0954 e. The summed E-state index contributed by atoms with van der Waals surface area (Å²) in [5.41, 5.74) is 8.45. The van der Waals surface area contributed by atoms with Crippen LogP contribution in [0.2, 0.25) is 0 Å². The van der Waals surface area contributed by atoms with Crippen molar-refractivity contribution in [3.8, 4) is 0 Å². The Hall–Kier alpha value is -0.900. The van der Waals surface area contributed by atoms with E-state index in [2.05, 4.69) is 36.1 Å². The second-order valence-electron chi connectivity index (χ2n) is 5.25. The number of hydrogen-bond donors (Lipinski definition) is 1. The number of ether oxygens (including phenoxy) is 1. The third kappa shape index (κ3) is 4.03. The van der Waals surface area contributed by atoms with Crippen molar-refractivity contribution >= 4 is 0 Å². The monoisotopic (exact) mass is 262 g/mol. The molecule has 0 amide bonds. The van der Waals surface area contributed by atoms with Gasteiger partial charge in [-0.2, -0.15) is 0 Å². The summed E-state index contributed by atoms with van der Waals surface area (Å²) in [4.78, 5) is 2.49. The SMILES string of the molecule is CCCN(CCCN)CC1OCCc2ccccc21. The lowest BCUT2D eigenvalue weighted by Gasteiger charge is -2.31. The van der Waals surface area contributed by atoms with E-state index in [1.54, 1.807) is 0 Å². The van der Waals surface area contributed by atoms with Crippen molar-refractivity contribution in [1.82, 2.24) is 4.90 Å². The lowest BCUT2D eigenvalue weighted by atomic mass is 9.97. The van der Waals surface area contributed by atoms with Gasteiger partial charge in [-0.3, -0.25) is 0 Å². The standard InChI is InChI=1S/C16H26N2O/c1-2-10-18(11-5-9-17)13-16-15-7-4-3-6-14(15)8-12-19-16/h3-4,6-7,16H,2,5,8-13,17H2,1H3. The van der Waals surface area contributed by atoms with Crippen molar-refractivity contribution in [2.45, 2.75) is 32.3 Å². The summed E-state index contributed by atoms with van der Waals surface area (Å²) in [6.07, 6.45) is 3.52. The molecule has 0 spiro atoms. The van der Waals surface area contributed by atoms with Gasteiger partial charge in [-0.1, -0.05) is 31.2 Å². The molecule has 0 radical (unpaired) electrons. The van der Waals surface area contributed by atoms with Crippen LogP contribution in [0.25, 0.3) is 0 Å². The van der Waals surface area contributed by atoms with E-state index in [0.717, 1.165) is 45.6 Å². The quantitative estimate of drug-likeness (QED) is 0.820. The second-order valence-corrected chi connectivity index (χ2v) is 5.25. The zero-order chi connectivity index (χ0) is 13.5. The maximum atomic E-state index is 5.99. The van der Waals surface area contributed by atoms with Gasteiger partial charge in [0.05, 0.1) is 12.7 Å². The molecule has 0 fully saturated rings. The first kappa shape index (κ1) is 14.5. The average molecular weight is 262 g/mol. The average Bonchev–Trinajstić information content (AvgIpc) is 2.45. The van der Waals surface area contributed by atoms with E-state index in [4.69, 9.17) is 10.5 Å². The highest BCUT2D eigenvalue weighted by Crippen LogP contribution is 2.27. The van der Waals surface area contributed by atoms with Gasteiger partial charge in [-0.15, -0.1) is 0 Å². The van der Waals surface area contributed by atoms with Crippen LogP contribution in [0.3, 0.4) is 0 Å². The second kappa shape index (κ2) is 7.63. The molecule has 0 bridgehead atoms. The summed E-state index contributed by atoms with van der Waals surface area (Å²) in [7, 11) is 0. The molecule has 1 aliphatic rings. The van der Waals surface area contributed by atoms with Crippen molar-refractivity contribution in [1.29, 1.82) is 0 Å². The van der Waals surface area contributed by atoms with E-state index in [-0.39, 0.29) is 6.10 Å². The third-order valence-corrected chi connectivity index (χ3v) is 3.73. The van der Waals surface area contributed by atoms with Gasteiger partial charge >= 0.3 is 0 Å². The number of rotatable bonds is 7. The molecular formula is C16H26N2O. The number of benzene rings is 1. The Morgan fingerprint density at radius 2 is 2.16 bits per heavy atom. The first-order chi connectivity index (χ1) is 9.35. The molecule has 2 N–H and O–H groups in total. The third-order valence-electron chi connectivity index (χ3n) is 3.73. The van der Waals surface area contributed by atoms with E-state index in [0.29, 0.717) is 0 Å². The van der Waals surface area contributed by atoms with Crippen LogP contribution < -0.4 is 5.73 Å². The fourth-order valence-corrected chi connectivity index (χ4v) is 2.79. The first-order valence-electron chi connectivity index (χ1n) is 7.47. The van der Waals surface area contributed by atoms with Crippen molar-refractivity contribution < 1.29 is 4.74 Å². The van der Waals surface area contributed by atoms with Gasteiger partial charge in [-0.25, -0.2) is 0 Å². The van der Waals surface area contributed by atoms with E-state index >= 15 is 0 Å². The van der Waals surface area contributed by atoms with Gasteiger partial charge in [0.25, 0.3) is 0 Å². The van der Waals surface area contributed by atoms with E-state index in [1.807, 2.05) is 0 Å². The molecule has 1 heterocycles. The molecular weight excluding hydrogens is 236 g/mol. The molecule has 106 valence electrons. The molecule has 2 rings (SSSR count). The summed E-state index contributed by atoms with van der Waals surface area (Å²) in [6.45, 7) is 7.03. The van der Waals surface area contributed by atoms with Crippen molar-refractivity contribution in [2.75, 3.05) is 32.8 Å². The smallest absolute Gasteiger partial charge is 0.0954 e. The van der Waals surface area contributed by atoms with Crippen LogP contribution in [0.5, 0.6) is 0 Å². The first-order valence-corrected chi connectivity index (χ1v) is 7.47. The summed E-state index contributed by atoms with van der Waals surface area (Å²) < 4.78 is 5.99. The highest BCUT2D eigenvalue weighted by molar-refractivity contribution is 5.31. The number of nitrogens with zero attached hydrogens (tertiary/aromatic N) is 1. The van der Waals surface area contributed by atoms with Crippen LogP contribution in [-0.2, 0) is 11.2 Å².